The van der Waals surface area contributed by atoms with Crippen LogP contribution in [0.25, 0.3) is 6.08 Å². The van der Waals surface area contributed by atoms with E-state index in [0.717, 1.165) is 25.0 Å². The number of nitrogens with zero attached hydrogens (tertiary/aromatic N) is 1. The molecule has 0 amide bonds. The van der Waals surface area contributed by atoms with E-state index in [0.29, 0.717) is 0 Å². The Morgan fingerprint density at radius 3 is 2.53 bits per heavy atom. The van der Waals surface area contributed by atoms with Crippen LogP contribution in [0, 0.1) is 0 Å². The van der Waals surface area contributed by atoms with E-state index >= 15 is 0 Å². The van der Waals surface area contributed by atoms with Gasteiger partial charge in [0, 0.05) is 0 Å². The van der Waals surface area contributed by atoms with Gasteiger partial charge in [0.25, 0.3) is 0 Å². The van der Waals surface area contributed by atoms with Crippen LogP contribution >= 0.6 is 0 Å². The van der Waals surface area contributed by atoms with Crippen molar-refractivity contribution in [3.63, 3.8) is 0 Å². The van der Waals surface area contributed by atoms with E-state index in [9.17, 15) is 0 Å². The number of rotatable bonds is 1. The Balaban J connectivity index is 2.25. The summed E-state index contributed by atoms with van der Waals surface area (Å²) in [7, 11) is 0. The van der Waals surface area contributed by atoms with E-state index in [1.165, 1.54) is 17.6 Å². The second kappa shape index (κ2) is 4.78. The van der Waals surface area contributed by atoms with Crippen LogP contribution in [-0.2, 0) is 0 Å². The molecule has 1 fully saturated rings. The van der Waals surface area contributed by atoms with Crippen molar-refractivity contribution in [2.45, 2.75) is 25.7 Å². The summed E-state index contributed by atoms with van der Waals surface area (Å²) < 4.78 is 0. The highest BCUT2D eigenvalue weighted by atomic mass is 16.4. The summed E-state index contributed by atoms with van der Waals surface area (Å²) in [6, 6.07) is 10.2. The smallest absolute Gasteiger partial charge is 0.0827 e. The molecule has 0 heterocycles. The summed E-state index contributed by atoms with van der Waals surface area (Å²) in [6.07, 6.45) is 6.36. The van der Waals surface area contributed by atoms with Crippen LogP contribution in [0.5, 0.6) is 0 Å². The first-order valence-corrected chi connectivity index (χ1v) is 5.37. The lowest BCUT2D eigenvalue weighted by atomic mass is 9.91. The van der Waals surface area contributed by atoms with E-state index < -0.39 is 0 Å². The first-order chi connectivity index (χ1) is 7.40. The molecule has 2 nitrogen and oxygen atoms in total. The van der Waals surface area contributed by atoms with Gasteiger partial charge in [-0.3, -0.25) is 0 Å². The number of hydrogen-bond acceptors (Lipinski definition) is 2. The average Bonchev–Trinajstić information content (AvgIpc) is 2.31. The molecule has 15 heavy (non-hydrogen) atoms. The van der Waals surface area contributed by atoms with Crippen LogP contribution in [0.4, 0.5) is 0 Å². The summed E-state index contributed by atoms with van der Waals surface area (Å²) in [5.74, 6) is 0. The molecule has 78 valence electrons. The van der Waals surface area contributed by atoms with Gasteiger partial charge in [-0.15, -0.1) is 0 Å². The van der Waals surface area contributed by atoms with Crippen molar-refractivity contribution >= 4 is 11.8 Å². The Morgan fingerprint density at radius 1 is 1.07 bits per heavy atom. The molecule has 1 aromatic carbocycles. The maximum atomic E-state index is 8.89. The van der Waals surface area contributed by atoms with Gasteiger partial charge in [-0.05, 0) is 42.9 Å². The van der Waals surface area contributed by atoms with Crippen LogP contribution in [0.1, 0.15) is 31.2 Å². The maximum Gasteiger partial charge on any atom is 0.0827 e. The van der Waals surface area contributed by atoms with Crippen molar-refractivity contribution in [3.05, 3.63) is 41.5 Å². The third kappa shape index (κ3) is 2.46. The molecule has 0 saturated heterocycles. The fourth-order valence-corrected chi connectivity index (χ4v) is 1.93. The van der Waals surface area contributed by atoms with Gasteiger partial charge >= 0.3 is 0 Å². The Kier molecular flexibility index (Phi) is 3.18. The van der Waals surface area contributed by atoms with E-state index in [-0.39, 0.29) is 0 Å². The molecule has 1 aliphatic carbocycles. The highest BCUT2D eigenvalue weighted by molar-refractivity contribution is 6.03. The third-order valence-electron chi connectivity index (χ3n) is 2.74. The molecule has 2 heteroatoms. The molecule has 1 N–H and O–H groups in total. The zero-order chi connectivity index (χ0) is 10.5. The normalized spacial score (nSPS) is 22.1. The number of benzene rings is 1. The fourth-order valence-electron chi connectivity index (χ4n) is 1.93. The Labute approximate surface area is 89.9 Å². The summed E-state index contributed by atoms with van der Waals surface area (Å²) in [6.45, 7) is 0. The molecular formula is C13H15NO. The predicted molar refractivity (Wildman–Crippen MR) is 62.1 cm³/mol. The molecule has 0 bridgehead atoms. The molecule has 1 aliphatic rings. The second-order valence-corrected chi connectivity index (χ2v) is 3.83. The number of allylic oxidation sites excluding steroid dienone is 1. The van der Waals surface area contributed by atoms with Crippen molar-refractivity contribution in [2.75, 3.05) is 0 Å². The maximum absolute atomic E-state index is 8.89. The quantitative estimate of drug-likeness (QED) is 0.547. The van der Waals surface area contributed by atoms with E-state index in [4.69, 9.17) is 5.21 Å². The van der Waals surface area contributed by atoms with Crippen LogP contribution in [0.2, 0.25) is 0 Å². The Hall–Kier alpha value is -1.57. The SMILES string of the molecule is O/N=C1\CCCC\C1=C\c1ccccc1. The molecule has 0 spiro atoms. The van der Waals surface area contributed by atoms with Gasteiger partial charge in [0.05, 0.1) is 5.71 Å². The van der Waals surface area contributed by atoms with Crippen molar-refractivity contribution in [3.8, 4) is 0 Å². The molecule has 2 rings (SSSR count). The Morgan fingerprint density at radius 2 is 1.80 bits per heavy atom. The lowest BCUT2D eigenvalue weighted by molar-refractivity contribution is 0.316. The monoisotopic (exact) mass is 201 g/mol. The molecule has 1 aromatic rings. The molecule has 0 unspecified atom stereocenters. The molecular weight excluding hydrogens is 186 g/mol. The lowest BCUT2D eigenvalue weighted by Gasteiger charge is -2.15. The standard InChI is InChI=1S/C13H15NO/c15-14-13-9-5-4-8-12(13)10-11-6-2-1-3-7-11/h1-3,6-7,10,15H,4-5,8-9H2/b12-10-,14-13+. The lowest BCUT2D eigenvalue weighted by Crippen LogP contribution is -2.08. The summed E-state index contributed by atoms with van der Waals surface area (Å²) in [5.41, 5.74) is 3.20. The van der Waals surface area contributed by atoms with Gasteiger partial charge in [0.1, 0.15) is 0 Å². The highest BCUT2D eigenvalue weighted by Gasteiger charge is 2.13. The van der Waals surface area contributed by atoms with Gasteiger partial charge in [0.2, 0.25) is 0 Å². The summed E-state index contributed by atoms with van der Waals surface area (Å²) in [4.78, 5) is 0. The number of oxime groups is 1. The molecule has 0 aliphatic heterocycles. The largest absolute Gasteiger partial charge is 0.411 e. The number of hydrogen-bond donors (Lipinski definition) is 1. The molecule has 0 radical (unpaired) electrons. The first kappa shape index (κ1) is 9.97. The predicted octanol–water partition coefficient (Wildman–Crippen LogP) is 3.47. The minimum absolute atomic E-state index is 0.852. The van der Waals surface area contributed by atoms with E-state index in [1.807, 2.05) is 18.2 Å². The first-order valence-electron chi connectivity index (χ1n) is 5.37. The van der Waals surface area contributed by atoms with Crippen LogP contribution in [-0.4, -0.2) is 10.9 Å². The zero-order valence-corrected chi connectivity index (χ0v) is 8.69. The van der Waals surface area contributed by atoms with Crippen LogP contribution in [0.15, 0.2) is 41.1 Å². The molecule has 0 aromatic heterocycles. The van der Waals surface area contributed by atoms with E-state index in [2.05, 4.69) is 23.4 Å². The van der Waals surface area contributed by atoms with Crippen LogP contribution < -0.4 is 0 Å². The van der Waals surface area contributed by atoms with Gasteiger partial charge in [-0.1, -0.05) is 35.5 Å². The minimum Gasteiger partial charge on any atom is -0.411 e. The fraction of sp³-hybridized carbons (Fsp3) is 0.308. The summed E-state index contributed by atoms with van der Waals surface area (Å²) >= 11 is 0. The van der Waals surface area contributed by atoms with Gasteiger partial charge < -0.3 is 5.21 Å². The average molecular weight is 201 g/mol. The van der Waals surface area contributed by atoms with Crippen molar-refractivity contribution in [1.29, 1.82) is 0 Å². The Bertz CT molecular complexity index is 379. The van der Waals surface area contributed by atoms with Crippen molar-refractivity contribution in [2.24, 2.45) is 5.16 Å². The van der Waals surface area contributed by atoms with Gasteiger partial charge in [-0.25, -0.2) is 0 Å². The van der Waals surface area contributed by atoms with Gasteiger partial charge in [-0.2, -0.15) is 0 Å². The summed E-state index contributed by atoms with van der Waals surface area (Å²) in [5, 5.41) is 12.3. The minimum atomic E-state index is 0.852. The molecule has 0 atom stereocenters. The van der Waals surface area contributed by atoms with Gasteiger partial charge in [0.15, 0.2) is 0 Å². The van der Waals surface area contributed by atoms with Crippen LogP contribution in [0.3, 0.4) is 0 Å². The van der Waals surface area contributed by atoms with E-state index in [1.54, 1.807) is 0 Å². The molecule has 1 saturated carbocycles. The van der Waals surface area contributed by atoms with Crippen molar-refractivity contribution in [1.82, 2.24) is 0 Å². The zero-order valence-electron chi connectivity index (χ0n) is 8.69. The third-order valence-corrected chi connectivity index (χ3v) is 2.74. The highest BCUT2D eigenvalue weighted by Crippen LogP contribution is 2.23. The second-order valence-electron chi connectivity index (χ2n) is 3.83. The topological polar surface area (TPSA) is 32.6 Å². The van der Waals surface area contributed by atoms with Crippen molar-refractivity contribution < 1.29 is 5.21 Å².